The second-order valence-corrected chi connectivity index (χ2v) is 3.89. The topological polar surface area (TPSA) is 12.4 Å². The molecule has 0 bridgehead atoms. The van der Waals surface area contributed by atoms with Crippen LogP contribution in [0.1, 0.15) is 33.1 Å². The fourth-order valence-electron chi connectivity index (χ4n) is 2.15. The Morgan fingerprint density at radius 1 is 1.55 bits per heavy atom. The van der Waals surface area contributed by atoms with E-state index in [2.05, 4.69) is 25.1 Å². The summed E-state index contributed by atoms with van der Waals surface area (Å²) in [5.41, 5.74) is 3.05. The number of aliphatic imine (C=N–C) groups is 1. The molecule has 0 aromatic heterocycles. The van der Waals surface area contributed by atoms with Gasteiger partial charge in [-0.3, -0.25) is 4.99 Å². The standard InChI is InChI=1S/C10H15N/c1-7(2)9-4-3-8-5-6-11-10(8)9/h6-7,9H,3-5H2,1-2H3/t9-/m0/s1. The van der Waals surface area contributed by atoms with E-state index in [1.807, 2.05) is 0 Å². The molecule has 1 aliphatic carbocycles. The number of allylic oxidation sites excluding steroid dienone is 2. The maximum absolute atomic E-state index is 4.46. The number of rotatable bonds is 1. The third kappa shape index (κ3) is 1.03. The zero-order valence-electron chi connectivity index (χ0n) is 7.30. The lowest BCUT2D eigenvalue weighted by molar-refractivity contribution is 0.437. The molecule has 0 aromatic carbocycles. The van der Waals surface area contributed by atoms with Crippen molar-refractivity contribution >= 4 is 6.21 Å². The molecular weight excluding hydrogens is 134 g/mol. The molecule has 60 valence electrons. The summed E-state index contributed by atoms with van der Waals surface area (Å²) in [4.78, 5) is 4.46. The van der Waals surface area contributed by atoms with Crippen molar-refractivity contribution < 1.29 is 0 Å². The third-order valence-electron chi connectivity index (χ3n) is 2.84. The summed E-state index contributed by atoms with van der Waals surface area (Å²) >= 11 is 0. The molecule has 2 rings (SSSR count). The van der Waals surface area contributed by atoms with Crippen molar-refractivity contribution in [3.63, 3.8) is 0 Å². The maximum atomic E-state index is 4.46. The molecule has 1 heterocycles. The average molecular weight is 149 g/mol. The van der Waals surface area contributed by atoms with Crippen molar-refractivity contribution in [2.24, 2.45) is 16.8 Å². The van der Waals surface area contributed by atoms with Gasteiger partial charge in [0.15, 0.2) is 0 Å². The van der Waals surface area contributed by atoms with Crippen LogP contribution in [0, 0.1) is 11.8 Å². The highest BCUT2D eigenvalue weighted by atomic mass is 14.8. The van der Waals surface area contributed by atoms with Gasteiger partial charge in [0.05, 0.1) is 0 Å². The van der Waals surface area contributed by atoms with Gasteiger partial charge < -0.3 is 0 Å². The van der Waals surface area contributed by atoms with Crippen LogP contribution in [-0.4, -0.2) is 6.21 Å². The van der Waals surface area contributed by atoms with E-state index in [0.29, 0.717) is 0 Å². The first-order valence-corrected chi connectivity index (χ1v) is 4.53. The van der Waals surface area contributed by atoms with E-state index < -0.39 is 0 Å². The van der Waals surface area contributed by atoms with E-state index in [1.165, 1.54) is 18.5 Å². The highest BCUT2D eigenvalue weighted by Gasteiger charge is 2.28. The molecule has 1 nitrogen and oxygen atoms in total. The van der Waals surface area contributed by atoms with Gasteiger partial charge in [0.2, 0.25) is 0 Å². The Hall–Kier alpha value is -0.590. The smallest absolute Gasteiger partial charge is 0.0429 e. The van der Waals surface area contributed by atoms with Gasteiger partial charge in [0.1, 0.15) is 0 Å². The van der Waals surface area contributed by atoms with E-state index in [-0.39, 0.29) is 0 Å². The second kappa shape index (κ2) is 2.47. The van der Waals surface area contributed by atoms with Crippen LogP contribution in [-0.2, 0) is 0 Å². The lowest BCUT2D eigenvalue weighted by Crippen LogP contribution is -2.05. The van der Waals surface area contributed by atoms with Crippen LogP contribution in [0.2, 0.25) is 0 Å². The van der Waals surface area contributed by atoms with Crippen molar-refractivity contribution in [3.8, 4) is 0 Å². The molecule has 0 N–H and O–H groups in total. The summed E-state index contributed by atoms with van der Waals surface area (Å²) in [5, 5.41) is 0. The molecule has 0 radical (unpaired) electrons. The zero-order chi connectivity index (χ0) is 7.84. The lowest BCUT2D eigenvalue weighted by Gasteiger charge is -2.14. The van der Waals surface area contributed by atoms with Gasteiger partial charge in [-0.15, -0.1) is 0 Å². The molecule has 0 saturated carbocycles. The van der Waals surface area contributed by atoms with Crippen molar-refractivity contribution in [2.75, 3.05) is 0 Å². The summed E-state index contributed by atoms with van der Waals surface area (Å²) < 4.78 is 0. The van der Waals surface area contributed by atoms with Gasteiger partial charge in [0.25, 0.3) is 0 Å². The molecule has 11 heavy (non-hydrogen) atoms. The van der Waals surface area contributed by atoms with Crippen LogP contribution in [0.3, 0.4) is 0 Å². The van der Waals surface area contributed by atoms with E-state index >= 15 is 0 Å². The lowest BCUT2D eigenvalue weighted by atomic mass is 9.93. The molecule has 0 aromatic rings. The predicted octanol–water partition coefficient (Wildman–Crippen LogP) is 2.78. The van der Waals surface area contributed by atoms with Gasteiger partial charge in [-0.2, -0.15) is 0 Å². The van der Waals surface area contributed by atoms with Gasteiger partial charge in [-0.05, 0) is 24.3 Å². The summed E-state index contributed by atoms with van der Waals surface area (Å²) in [5.74, 6) is 1.54. The molecule has 0 saturated heterocycles. The third-order valence-corrected chi connectivity index (χ3v) is 2.84. The second-order valence-electron chi connectivity index (χ2n) is 3.89. The van der Waals surface area contributed by atoms with Crippen LogP contribution in [0.5, 0.6) is 0 Å². The predicted molar refractivity (Wildman–Crippen MR) is 47.7 cm³/mol. The SMILES string of the molecule is CC(C)[C@@H]1CCC2=C1N=CC2. The monoisotopic (exact) mass is 149 g/mol. The minimum Gasteiger partial charge on any atom is -0.265 e. The van der Waals surface area contributed by atoms with E-state index in [1.54, 1.807) is 5.57 Å². The Morgan fingerprint density at radius 2 is 2.36 bits per heavy atom. The highest BCUT2D eigenvalue weighted by molar-refractivity contribution is 5.68. The molecule has 0 fully saturated rings. The summed E-state index contributed by atoms with van der Waals surface area (Å²) in [6.45, 7) is 4.60. The molecule has 0 spiro atoms. The number of nitrogens with zero attached hydrogens (tertiary/aromatic N) is 1. The minimum atomic E-state index is 0.767. The fraction of sp³-hybridized carbons (Fsp3) is 0.700. The normalized spacial score (nSPS) is 28.8. The van der Waals surface area contributed by atoms with Crippen LogP contribution in [0.4, 0.5) is 0 Å². The van der Waals surface area contributed by atoms with E-state index in [4.69, 9.17) is 0 Å². The molecule has 2 aliphatic rings. The Labute approximate surface area is 68.2 Å². The molecule has 1 atom stereocenters. The Morgan fingerprint density at radius 3 is 3.09 bits per heavy atom. The molecule has 0 amide bonds. The first kappa shape index (κ1) is 7.08. The van der Waals surface area contributed by atoms with E-state index in [9.17, 15) is 0 Å². The molecule has 1 heteroatoms. The van der Waals surface area contributed by atoms with Crippen LogP contribution in [0.25, 0.3) is 0 Å². The van der Waals surface area contributed by atoms with Crippen molar-refractivity contribution in [1.82, 2.24) is 0 Å². The maximum Gasteiger partial charge on any atom is 0.0429 e. The number of hydrogen-bond acceptors (Lipinski definition) is 1. The highest BCUT2D eigenvalue weighted by Crippen LogP contribution is 2.40. The minimum absolute atomic E-state index is 0.767. The van der Waals surface area contributed by atoms with Crippen LogP contribution >= 0.6 is 0 Å². The first-order chi connectivity index (χ1) is 5.29. The Kier molecular flexibility index (Phi) is 1.59. The van der Waals surface area contributed by atoms with Crippen molar-refractivity contribution in [3.05, 3.63) is 11.3 Å². The average Bonchev–Trinajstić information content (AvgIpc) is 2.41. The van der Waals surface area contributed by atoms with Gasteiger partial charge in [0, 0.05) is 24.3 Å². The van der Waals surface area contributed by atoms with Crippen LogP contribution < -0.4 is 0 Å². The fourth-order valence-corrected chi connectivity index (χ4v) is 2.15. The molecule has 0 unspecified atom stereocenters. The first-order valence-electron chi connectivity index (χ1n) is 4.53. The van der Waals surface area contributed by atoms with Crippen LogP contribution in [0.15, 0.2) is 16.3 Å². The zero-order valence-corrected chi connectivity index (χ0v) is 7.30. The molecule has 1 aliphatic heterocycles. The molecular formula is C10H15N. The summed E-state index contributed by atoms with van der Waals surface area (Å²) in [7, 11) is 0. The Balaban J connectivity index is 2.21. The summed E-state index contributed by atoms with van der Waals surface area (Å²) in [6, 6.07) is 0. The largest absolute Gasteiger partial charge is 0.265 e. The van der Waals surface area contributed by atoms with Gasteiger partial charge in [-0.1, -0.05) is 13.8 Å². The van der Waals surface area contributed by atoms with Gasteiger partial charge >= 0.3 is 0 Å². The Bertz CT molecular complexity index is 223. The van der Waals surface area contributed by atoms with E-state index in [0.717, 1.165) is 18.3 Å². The van der Waals surface area contributed by atoms with Crippen molar-refractivity contribution in [1.29, 1.82) is 0 Å². The quantitative estimate of drug-likeness (QED) is 0.543. The van der Waals surface area contributed by atoms with Gasteiger partial charge in [-0.25, -0.2) is 0 Å². The van der Waals surface area contributed by atoms with Crippen molar-refractivity contribution in [2.45, 2.75) is 33.1 Å². The summed E-state index contributed by atoms with van der Waals surface area (Å²) in [6.07, 6.45) is 5.86. The number of hydrogen-bond donors (Lipinski definition) is 0.